The first kappa shape index (κ1) is 10.8. The van der Waals surface area contributed by atoms with Crippen LogP contribution in [0.5, 0.6) is 0 Å². The van der Waals surface area contributed by atoms with Crippen LogP contribution in [0.3, 0.4) is 0 Å². The average molecular weight is 264 g/mol. The zero-order valence-electron chi connectivity index (χ0n) is 10.1. The van der Waals surface area contributed by atoms with Crippen molar-refractivity contribution in [1.29, 1.82) is 0 Å². The maximum absolute atomic E-state index is 6.12. The van der Waals surface area contributed by atoms with Gasteiger partial charge in [-0.25, -0.2) is 0 Å². The first-order valence-electron chi connectivity index (χ1n) is 6.19. The van der Waals surface area contributed by atoms with E-state index in [9.17, 15) is 0 Å². The highest BCUT2D eigenvalue weighted by molar-refractivity contribution is 6.32. The summed E-state index contributed by atoms with van der Waals surface area (Å²) >= 11 is 6.12. The fourth-order valence-corrected chi connectivity index (χ4v) is 2.79. The van der Waals surface area contributed by atoms with Crippen molar-refractivity contribution in [2.24, 2.45) is 0 Å². The molecule has 3 aromatic carbocycles. The fourth-order valence-electron chi connectivity index (χ4n) is 2.62. The van der Waals surface area contributed by atoms with Gasteiger partial charge in [0.1, 0.15) is 0 Å². The predicted molar refractivity (Wildman–Crippen MR) is 81.8 cm³/mol. The summed E-state index contributed by atoms with van der Waals surface area (Å²) in [6.07, 6.45) is 1.92. The summed E-state index contributed by atoms with van der Waals surface area (Å²) in [5, 5.41) is 6.58. The van der Waals surface area contributed by atoms with Gasteiger partial charge in [-0.3, -0.25) is 4.98 Å². The van der Waals surface area contributed by atoms with E-state index >= 15 is 0 Å². The molecular weight excluding hydrogens is 254 g/mol. The Balaban J connectivity index is 2.28. The van der Waals surface area contributed by atoms with E-state index in [-0.39, 0.29) is 0 Å². The average Bonchev–Trinajstić information content (AvgIpc) is 2.46. The standard InChI is InChI=1S/C17H10ClN/c18-13-7-5-12-10-19-17-14-4-2-1-3-11(14)6-8-15(17)16(12)9-13/h1-10H. The minimum absolute atomic E-state index is 0.758. The quantitative estimate of drug-likeness (QED) is 0.398. The third-order valence-corrected chi connectivity index (χ3v) is 3.77. The highest BCUT2D eigenvalue weighted by Crippen LogP contribution is 2.30. The van der Waals surface area contributed by atoms with Crippen LogP contribution in [-0.2, 0) is 0 Å². The van der Waals surface area contributed by atoms with Gasteiger partial charge in [-0.05, 0) is 22.9 Å². The van der Waals surface area contributed by atoms with Gasteiger partial charge in [0.25, 0.3) is 0 Å². The monoisotopic (exact) mass is 263 g/mol. The summed E-state index contributed by atoms with van der Waals surface area (Å²) < 4.78 is 0. The van der Waals surface area contributed by atoms with Crippen molar-refractivity contribution < 1.29 is 0 Å². The molecule has 4 rings (SSSR count). The molecule has 0 N–H and O–H groups in total. The van der Waals surface area contributed by atoms with Crippen molar-refractivity contribution in [3.8, 4) is 0 Å². The van der Waals surface area contributed by atoms with Crippen molar-refractivity contribution in [2.45, 2.75) is 0 Å². The van der Waals surface area contributed by atoms with E-state index in [1.54, 1.807) is 0 Å². The molecule has 0 bridgehead atoms. The summed E-state index contributed by atoms with van der Waals surface area (Å²) in [6, 6.07) is 18.5. The molecule has 0 fully saturated rings. The van der Waals surface area contributed by atoms with Gasteiger partial charge in [0.2, 0.25) is 0 Å². The van der Waals surface area contributed by atoms with E-state index < -0.39 is 0 Å². The molecule has 0 atom stereocenters. The van der Waals surface area contributed by atoms with Gasteiger partial charge in [0.15, 0.2) is 0 Å². The lowest BCUT2D eigenvalue weighted by molar-refractivity contribution is 1.46. The number of fused-ring (bicyclic) bond motifs is 5. The smallest absolute Gasteiger partial charge is 0.0786 e. The molecule has 0 aliphatic heterocycles. The molecule has 2 heteroatoms. The number of benzene rings is 3. The molecule has 1 nitrogen and oxygen atoms in total. The highest BCUT2D eigenvalue weighted by Gasteiger charge is 2.05. The predicted octanol–water partition coefficient (Wildman–Crippen LogP) is 5.19. The van der Waals surface area contributed by atoms with E-state index in [0.717, 1.165) is 26.7 Å². The van der Waals surface area contributed by atoms with Crippen molar-refractivity contribution in [3.63, 3.8) is 0 Å². The highest BCUT2D eigenvalue weighted by atomic mass is 35.5. The third kappa shape index (κ3) is 1.59. The van der Waals surface area contributed by atoms with Crippen LogP contribution in [0.4, 0.5) is 0 Å². The molecule has 0 saturated carbocycles. The lowest BCUT2D eigenvalue weighted by Crippen LogP contribution is -1.84. The van der Waals surface area contributed by atoms with E-state index in [0.29, 0.717) is 0 Å². The number of pyridine rings is 1. The van der Waals surface area contributed by atoms with Crippen molar-refractivity contribution in [3.05, 3.63) is 65.8 Å². The van der Waals surface area contributed by atoms with Crippen LogP contribution in [0.25, 0.3) is 32.4 Å². The Morgan fingerprint density at radius 1 is 0.737 bits per heavy atom. The second kappa shape index (κ2) is 3.94. The van der Waals surface area contributed by atoms with Crippen LogP contribution in [0, 0.1) is 0 Å². The Morgan fingerprint density at radius 3 is 2.53 bits per heavy atom. The first-order chi connectivity index (χ1) is 9.33. The Hall–Kier alpha value is -2.12. The second-order valence-corrected chi connectivity index (χ2v) is 5.11. The molecule has 0 saturated heterocycles. The summed E-state index contributed by atoms with van der Waals surface area (Å²) in [5.74, 6) is 0. The summed E-state index contributed by atoms with van der Waals surface area (Å²) in [5.41, 5.74) is 1.04. The van der Waals surface area contributed by atoms with Crippen LogP contribution in [0.1, 0.15) is 0 Å². The molecule has 1 heterocycles. The Kier molecular flexibility index (Phi) is 2.23. The number of aromatic nitrogens is 1. The normalized spacial score (nSPS) is 11.4. The van der Waals surface area contributed by atoms with Crippen molar-refractivity contribution >= 4 is 44.0 Å². The van der Waals surface area contributed by atoms with Crippen LogP contribution in [0.2, 0.25) is 5.02 Å². The Morgan fingerprint density at radius 2 is 1.58 bits per heavy atom. The van der Waals surface area contributed by atoms with Crippen molar-refractivity contribution in [1.82, 2.24) is 4.98 Å². The van der Waals surface area contributed by atoms with Gasteiger partial charge in [-0.15, -0.1) is 0 Å². The molecule has 4 aromatic rings. The molecule has 19 heavy (non-hydrogen) atoms. The van der Waals surface area contributed by atoms with Gasteiger partial charge >= 0.3 is 0 Å². The number of halogens is 1. The fraction of sp³-hybridized carbons (Fsp3) is 0. The number of rotatable bonds is 0. The maximum Gasteiger partial charge on any atom is 0.0786 e. The summed E-state index contributed by atoms with van der Waals surface area (Å²) in [7, 11) is 0. The van der Waals surface area contributed by atoms with E-state index in [1.165, 1.54) is 10.8 Å². The molecule has 0 radical (unpaired) electrons. The number of nitrogens with zero attached hydrogens (tertiary/aromatic N) is 1. The van der Waals surface area contributed by atoms with Gasteiger partial charge in [0, 0.05) is 27.4 Å². The zero-order chi connectivity index (χ0) is 12.8. The Bertz CT molecular complexity index is 928. The van der Waals surface area contributed by atoms with Crippen LogP contribution < -0.4 is 0 Å². The molecule has 90 valence electrons. The van der Waals surface area contributed by atoms with Gasteiger partial charge in [0.05, 0.1) is 5.52 Å². The molecule has 0 aliphatic rings. The van der Waals surface area contributed by atoms with Crippen LogP contribution >= 0.6 is 11.6 Å². The number of hydrogen-bond acceptors (Lipinski definition) is 1. The largest absolute Gasteiger partial charge is 0.255 e. The zero-order valence-corrected chi connectivity index (χ0v) is 10.9. The van der Waals surface area contributed by atoms with Crippen LogP contribution in [0.15, 0.2) is 60.8 Å². The molecule has 1 aromatic heterocycles. The maximum atomic E-state index is 6.12. The van der Waals surface area contributed by atoms with E-state index in [1.807, 2.05) is 36.5 Å². The van der Waals surface area contributed by atoms with E-state index in [2.05, 4.69) is 29.2 Å². The van der Waals surface area contributed by atoms with Gasteiger partial charge in [-0.2, -0.15) is 0 Å². The lowest BCUT2D eigenvalue weighted by Gasteiger charge is -2.06. The summed E-state index contributed by atoms with van der Waals surface area (Å²) in [4.78, 5) is 4.62. The second-order valence-electron chi connectivity index (χ2n) is 4.67. The topological polar surface area (TPSA) is 12.9 Å². The van der Waals surface area contributed by atoms with Gasteiger partial charge < -0.3 is 0 Å². The molecule has 0 spiro atoms. The van der Waals surface area contributed by atoms with Crippen molar-refractivity contribution in [2.75, 3.05) is 0 Å². The number of hydrogen-bond donors (Lipinski definition) is 0. The minimum Gasteiger partial charge on any atom is -0.255 e. The molecule has 0 unspecified atom stereocenters. The molecule has 0 aliphatic carbocycles. The SMILES string of the molecule is Clc1ccc2cnc3c4ccccc4ccc3c2c1. The van der Waals surface area contributed by atoms with Gasteiger partial charge in [-0.1, -0.05) is 54.1 Å². The summed E-state index contributed by atoms with van der Waals surface area (Å²) in [6.45, 7) is 0. The van der Waals surface area contributed by atoms with Crippen LogP contribution in [-0.4, -0.2) is 4.98 Å². The minimum atomic E-state index is 0.758. The van der Waals surface area contributed by atoms with E-state index in [4.69, 9.17) is 11.6 Å². The molecule has 0 amide bonds. The lowest BCUT2D eigenvalue weighted by atomic mass is 10.0. The molecular formula is C17H10ClN. The first-order valence-corrected chi connectivity index (χ1v) is 6.56. The Labute approximate surface area is 115 Å². The third-order valence-electron chi connectivity index (χ3n) is 3.54.